The summed E-state index contributed by atoms with van der Waals surface area (Å²) in [6.45, 7) is 2.11. The van der Waals surface area contributed by atoms with Gasteiger partial charge in [-0.05, 0) is 42.4 Å². The van der Waals surface area contributed by atoms with Gasteiger partial charge in [0.25, 0.3) is 0 Å². The van der Waals surface area contributed by atoms with Crippen LogP contribution in [0.4, 0.5) is 5.69 Å². The lowest BCUT2D eigenvalue weighted by Gasteiger charge is -2.24. The second kappa shape index (κ2) is 7.23. The average Bonchev–Trinajstić information content (AvgIpc) is 3.06. The molecule has 0 aliphatic carbocycles. The summed E-state index contributed by atoms with van der Waals surface area (Å²) in [5.74, 6) is 0. The monoisotopic (exact) mass is 352 g/mol. The van der Waals surface area contributed by atoms with Crippen LogP contribution in [0.2, 0.25) is 0 Å². The highest BCUT2D eigenvalue weighted by molar-refractivity contribution is 7.80. The van der Waals surface area contributed by atoms with Crippen molar-refractivity contribution < 1.29 is 0 Å². The van der Waals surface area contributed by atoms with Gasteiger partial charge in [0.2, 0.25) is 0 Å². The molecule has 3 rings (SSSR count). The van der Waals surface area contributed by atoms with Crippen molar-refractivity contribution in [3.05, 3.63) is 65.2 Å². The Morgan fingerprint density at radius 3 is 2.52 bits per heavy atom. The topological polar surface area (TPSA) is 30.9 Å². The van der Waals surface area contributed by atoms with Gasteiger partial charge >= 0.3 is 0 Å². The van der Waals surface area contributed by atoms with Crippen LogP contribution >= 0.6 is 12.2 Å². The first-order valence-electron chi connectivity index (χ1n) is 8.42. The van der Waals surface area contributed by atoms with Gasteiger partial charge in [-0.2, -0.15) is 5.10 Å². The number of thiocarbonyl (C=S) groups is 1. The van der Waals surface area contributed by atoms with Gasteiger partial charge < -0.3 is 10.2 Å². The lowest BCUT2D eigenvalue weighted by molar-refractivity contribution is 0.366. The van der Waals surface area contributed by atoms with Crippen LogP contribution in [0.3, 0.4) is 0 Å². The van der Waals surface area contributed by atoms with Crippen LogP contribution in [-0.4, -0.2) is 37.0 Å². The fourth-order valence-corrected chi connectivity index (χ4v) is 3.24. The Balaban J connectivity index is 1.92. The van der Waals surface area contributed by atoms with Gasteiger partial charge in [0, 0.05) is 33.3 Å². The van der Waals surface area contributed by atoms with E-state index in [0.29, 0.717) is 5.11 Å². The highest BCUT2D eigenvalue weighted by atomic mass is 32.1. The van der Waals surface area contributed by atoms with Crippen LogP contribution in [0.1, 0.15) is 29.2 Å². The highest BCUT2D eigenvalue weighted by Crippen LogP contribution is 2.33. The molecular weight excluding hydrogens is 328 g/mol. The summed E-state index contributed by atoms with van der Waals surface area (Å²) >= 11 is 5.48. The zero-order chi connectivity index (χ0) is 18.0. The van der Waals surface area contributed by atoms with Crippen LogP contribution in [0.5, 0.6) is 0 Å². The minimum Gasteiger partial charge on any atom is -0.378 e. The number of nitrogens with zero attached hydrogens (tertiary/aromatic N) is 3. The highest BCUT2D eigenvalue weighted by Gasteiger charge is 2.31. The van der Waals surface area contributed by atoms with E-state index in [0.717, 1.165) is 17.7 Å². The molecule has 2 aromatic carbocycles. The third-order valence-electron chi connectivity index (χ3n) is 4.48. The third-order valence-corrected chi connectivity index (χ3v) is 4.87. The average molecular weight is 353 g/mol. The minimum absolute atomic E-state index is 0.128. The van der Waals surface area contributed by atoms with Crippen molar-refractivity contribution in [2.45, 2.75) is 19.4 Å². The molecule has 0 spiro atoms. The number of anilines is 1. The van der Waals surface area contributed by atoms with E-state index in [4.69, 9.17) is 17.3 Å². The molecule has 5 heteroatoms. The smallest absolute Gasteiger partial charge is 0.189 e. The maximum absolute atomic E-state index is 5.48. The van der Waals surface area contributed by atoms with Gasteiger partial charge in [0.05, 0.1) is 11.8 Å². The molecule has 0 bridgehead atoms. The normalized spacial score (nSPS) is 16.6. The third kappa shape index (κ3) is 3.66. The van der Waals surface area contributed by atoms with Gasteiger partial charge in [0.1, 0.15) is 0 Å². The molecule has 0 saturated heterocycles. The Kier molecular flexibility index (Phi) is 5.04. The molecule has 4 nitrogen and oxygen atoms in total. The summed E-state index contributed by atoms with van der Waals surface area (Å²) in [5.41, 5.74) is 5.87. The largest absolute Gasteiger partial charge is 0.378 e. The van der Waals surface area contributed by atoms with Crippen molar-refractivity contribution in [2.75, 3.05) is 26.0 Å². The predicted molar refractivity (Wildman–Crippen MR) is 109 cm³/mol. The summed E-state index contributed by atoms with van der Waals surface area (Å²) in [6, 6.07) is 17.2. The van der Waals surface area contributed by atoms with E-state index in [1.165, 1.54) is 16.8 Å². The standard InChI is InChI=1S/C20H24N4S/c1-14-6-5-7-16(12-14)19-13-18(22-24(19)20(25)21-2)15-8-10-17(11-9-15)23(3)4/h5-12,19H,13H2,1-4H3,(H,21,25). The fraction of sp³-hybridized carbons (Fsp3) is 0.300. The maximum atomic E-state index is 5.48. The van der Waals surface area contributed by atoms with Crippen molar-refractivity contribution in [1.82, 2.24) is 10.3 Å². The molecule has 1 unspecified atom stereocenters. The molecule has 1 heterocycles. The van der Waals surface area contributed by atoms with E-state index in [9.17, 15) is 0 Å². The first-order valence-corrected chi connectivity index (χ1v) is 8.83. The van der Waals surface area contributed by atoms with E-state index >= 15 is 0 Å². The van der Waals surface area contributed by atoms with E-state index in [2.05, 4.69) is 65.7 Å². The van der Waals surface area contributed by atoms with Crippen molar-refractivity contribution in [2.24, 2.45) is 5.10 Å². The molecule has 25 heavy (non-hydrogen) atoms. The van der Waals surface area contributed by atoms with E-state index in [1.54, 1.807) is 0 Å². The van der Waals surface area contributed by atoms with Gasteiger partial charge in [-0.25, -0.2) is 5.01 Å². The summed E-state index contributed by atoms with van der Waals surface area (Å²) in [5, 5.41) is 10.5. The lowest BCUT2D eigenvalue weighted by atomic mass is 9.97. The number of benzene rings is 2. The molecule has 1 atom stereocenters. The summed E-state index contributed by atoms with van der Waals surface area (Å²) in [6.07, 6.45) is 0.840. The SMILES string of the molecule is CNC(=S)N1N=C(c2ccc(N(C)C)cc2)CC1c1cccc(C)c1. The molecule has 0 radical (unpaired) electrons. The van der Waals surface area contributed by atoms with Crippen molar-refractivity contribution >= 4 is 28.7 Å². The molecule has 1 aliphatic rings. The van der Waals surface area contributed by atoms with Crippen LogP contribution < -0.4 is 10.2 Å². The van der Waals surface area contributed by atoms with Crippen molar-refractivity contribution in [3.8, 4) is 0 Å². The maximum Gasteiger partial charge on any atom is 0.189 e. The quantitative estimate of drug-likeness (QED) is 0.853. The minimum atomic E-state index is 0.128. The van der Waals surface area contributed by atoms with Gasteiger partial charge in [-0.3, -0.25) is 0 Å². The molecule has 0 amide bonds. The van der Waals surface area contributed by atoms with Crippen molar-refractivity contribution in [1.29, 1.82) is 0 Å². The Labute approximate surface area is 155 Å². The number of hydrogen-bond acceptors (Lipinski definition) is 3. The summed E-state index contributed by atoms with van der Waals surface area (Å²) in [7, 11) is 5.93. The summed E-state index contributed by atoms with van der Waals surface area (Å²) in [4.78, 5) is 2.10. The number of hydrogen-bond donors (Lipinski definition) is 1. The van der Waals surface area contributed by atoms with Crippen LogP contribution in [-0.2, 0) is 0 Å². The Morgan fingerprint density at radius 1 is 1.20 bits per heavy atom. The van der Waals surface area contributed by atoms with E-state index < -0.39 is 0 Å². The number of hydrazone groups is 1. The fourth-order valence-electron chi connectivity index (χ4n) is 3.08. The van der Waals surface area contributed by atoms with Crippen LogP contribution in [0.15, 0.2) is 53.6 Å². The van der Waals surface area contributed by atoms with Crippen molar-refractivity contribution in [3.63, 3.8) is 0 Å². The van der Waals surface area contributed by atoms with Crippen LogP contribution in [0.25, 0.3) is 0 Å². The Hall–Kier alpha value is -2.40. The van der Waals surface area contributed by atoms with Gasteiger partial charge in [-0.1, -0.05) is 42.0 Å². The molecule has 1 aliphatic heterocycles. The first-order chi connectivity index (χ1) is 12.0. The molecule has 0 fully saturated rings. The number of aryl methyl sites for hydroxylation is 1. The lowest BCUT2D eigenvalue weighted by Crippen LogP contribution is -2.34. The molecule has 2 aromatic rings. The Morgan fingerprint density at radius 2 is 1.92 bits per heavy atom. The Bertz CT molecular complexity index is 796. The number of rotatable bonds is 3. The van der Waals surface area contributed by atoms with Crippen LogP contribution in [0, 0.1) is 6.92 Å². The molecule has 130 valence electrons. The van der Waals surface area contributed by atoms with Gasteiger partial charge in [-0.15, -0.1) is 0 Å². The van der Waals surface area contributed by atoms with E-state index in [-0.39, 0.29) is 6.04 Å². The second-order valence-corrected chi connectivity index (χ2v) is 6.91. The summed E-state index contributed by atoms with van der Waals surface area (Å²) < 4.78 is 0. The molecule has 1 N–H and O–H groups in total. The second-order valence-electron chi connectivity index (χ2n) is 6.52. The molecular formula is C20H24N4S. The van der Waals surface area contributed by atoms with Gasteiger partial charge in [0.15, 0.2) is 5.11 Å². The number of nitrogens with one attached hydrogen (secondary N) is 1. The van der Waals surface area contributed by atoms with E-state index in [1.807, 2.05) is 26.2 Å². The zero-order valence-electron chi connectivity index (χ0n) is 15.2. The molecule has 0 saturated carbocycles. The zero-order valence-corrected chi connectivity index (χ0v) is 16.0. The molecule has 0 aromatic heterocycles. The predicted octanol–water partition coefficient (Wildman–Crippen LogP) is 3.72. The first kappa shape index (κ1) is 17.4.